The topological polar surface area (TPSA) is 112 Å². The van der Waals surface area contributed by atoms with Crippen molar-refractivity contribution in [1.29, 1.82) is 5.26 Å². The third-order valence-corrected chi connectivity index (χ3v) is 4.21. The van der Waals surface area contributed by atoms with Crippen LogP contribution in [0.5, 0.6) is 5.75 Å². The van der Waals surface area contributed by atoms with Gasteiger partial charge in [0.15, 0.2) is 6.61 Å². The fourth-order valence-corrected chi connectivity index (χ4v) is 2.86. The predicted octanol–water partition coefficient (Wildman–Crippen LogP) is 3.55. The van der Waals surface area contributed by atoms with Gasteiger partial charge in [-0.15, -0.1) is 0 Å². The Morgan fingerprint density at radius 3 is 2.93 bits per heavy atom. The molecule has 0 spiro atoms. The molecule has 0 aliphatic heterocycles. The van der Waals surface area contributed by atoms with Crippen LogP contribution in [0.15, 0.2) is 41.0 Å². The molecule has 11 heteroatoms. The van der Waals surface area contributed by atoms with Gasteiger partial charge in [-0.05, 0) is 24.3 Å². The van der Waals surface area contributed by atoms with Crippen LogP contribution in [0.25, 0.3) is 10.9 Å². The highest BCUT2D eigenvalue weighted by Crippen LogP contribution is 2.35. The maximum atomic E-state index is 13.7. The molecule has 0 atom stereocenters. The first-order chi connectivity index (χ1) is 14.0. The zero-order valence-electron chi connectivity index (χ0n) is 14.6. The van der Waals surface area contributed by atoms with Gasteiger partial charge in [-0.3, -0.25) is 4.79 Å². The average molecular weight is 431 g/mol. The van der Waals surface area contributed by atoms with E-state index in [2.05, 4.69) is 37.4 Å². The minimum atomic E-state index is -0.551. The van der Waals surface area contributed by atoms with Gasteiger partial charge in [0.1, 0.15) is 30.3 Å². The molecule has 2 N–H and O–H groups in total. The van der Waals surface area contributed by atoms with E-state index in [9.17, 15) is 9.18 Å². The summed E-state index contributed by atoms with van der Waals surface area (Å²) in [4.78, 5) is 20.0. The van der Waals surface area contributed by atoms with Crippen LogP contribution in [0.4, 0.5) is 21.6 Å². The lowest BCUT2D eigenvalue weighted by Gasteiger charge is -2.14. The van der Waals surface area contributed by atoms with Gasteiger partial charge in [0.25, 0.3) is 5.91 Å². The number of nitriles is 1. The average Bonchev–Trinajstić information content (AvgIpc) is 2.72. The summed E-state index contributed by atoms with van der Waals surface area (Å²) in [6, 6.07) is 8.80. The molecular formula is C18H12ClFN6O2S. The fraction of sp³-hybridized carbons (Fsp3) is 0.111. The molecule has 29 heavy (non-hydrogen) atoms. The van der Waals surface area contributed by atoms with Crippen molar-refractivity contribution in [3.63, 3.8) is 0 Å². The van der Waals surface area contributed by atoms with Crippen LogP contribution in [-0.2, 0) is 17.2 Å². The van der Waals surface area contributed by atoms with Crippen LogP contribution < -0.4 is 15.4 Å². The Hall–Kier alpha value is -3.42. The summed E-state index contributed by atoms with van der Waals surface area (Å²) >= 11 is 11.0. The van der Waals surface area contributed by atoms with E-state index in [-0.39, 0.29) is 12.3 Å². The van der Waals surface area contributed by atoms with Crippen molar-refractivity contribution in [3.8, 4) is 11.8 Å². The molecule has 2 aromatic carbocycles. The van der Waals surface area contributed by atoms with Crippen LogP contribution in [0, 0.1) is 17.1 Å². The number of nitrogens with zero attached hydrogens (tertiary/aromatic N) is 4. The molecule has 0 saturated carbocycles. The smallest absolute Gasteiger partial charge is 0.258 e. The molecule has 1 heterocycles. The van der Waals surface area contributed by atoms with E-state index < -0.39 is 18.3 Å². The summed E-state index contributed by atoms with van der Waals surface area (Å²) in [7, 11) is 0. The van der Waals surface area contributed by atoms with E-state index in [4.69, 9.17) is 21.6 Å². The summed E-state index contributed by atoms with van der Waals surface area (Å²) in [6.07, 6.45) is 1.33. The number of amides is 1. The Balaban J connectivity index is 1.92. The summed E-state index contributed by atoms with van der Waals surface area (Å²) in [5.41, 5.74) is 1.35. The van der Waals surface area contributed by atoms with Gasteiger partial charge in [0.2, 0.25) is 0 Å². The van der Waals surface area contributed by atoms with Gasteiger partial charge in [-0.2, -0.15) is 9.62 Å². The van der Waals surface area contributed by atoms with Crippen molar-refractivity contribution in [3.05, 3.63) is 47.5 Å². The summed E-state index contributed by atoms with van der Waals surface area (Å²) in [6.45, 7) is -0.546. The van der Waals surface area contributed by atoms with E-state index in [1.807, 2.05) is 0 Å². The van der Waals surface area contributed by atoms with E-state index >= 15 is 0 Å². The van der Waals surface area contributed by atoms with E-state index in [0.717, 1.165) is 6.07 Å². The standard InChI is InChI=1S/C18H12ClFN6O2S/c19-12-6-11(26-29)7-14-17(12)18(24-9-23-14)25-13-2-1-10(20)5-15(13)28-8-16(27)22-4-3-21/h1-2,5-7,9H,4,8H2,(H,22,27)(H,23,24,25). The van der Waals surface area contributed by atoms with E-state index in [1.165, 1.54) is 18.5 Å². The second-order valence-electron chi connectivity index (χ2n) is 5.62. The number of ether oxygens (including phenoxy) is 1. The van der Waals surface area contributed by atoms with Gasteiger partial charge in [-0.25, -0.2) is 14.4 Å². The minimum Gasteiger partial charge on any atom is -0.481 e. The molecule has 1 aromatic heterocycles. The number of fused-ring (bicyclic) bond motifs is 1. The normalized spacial score (nSPS) is 10.2. The third-order valence-electron chi connectivity index (χ3n) is 3.70. The highest BCUT2D eigenvalue weighted by Gasteiger charge is 2.14. The molecule has 146 valence electrons. The van der Waals surface area contributed by atoms with Gasteiger partial charge in [0, 0.05) is 18.5 Å². The Bertz CT molecular complexity index is 1140. The molecule has 0 aliphatic rings. The zero-order valence-corrected chi connectivity index (χ0v) is 16.2. The van der Waals surface area contributed by atoms with E-state index in [0.29, 0.717) is 33.1 Å². The molecule has 0 fully saturated rings. The molecule has 3 aromatic rings. The van der Waals surface area contributed by atoms with Crippen molar-refractivity contribution in [2.24, 2.45) is 4.36 Å². The lowest BCUT2D eigenvalue weighted by molar-refractivity contribution is -0.122. The number of halogens is 2. The Kier molecular flexibility index (Phi) is 6.43. The first-order valence-electron chi connectivity index (χ1n) is 8.12. The number of nitrogens with one attached hydrogen (secondary N) is 2. The molecule has 0 aliphatic carbocycles. The van der Waals surface area contributed by atoms with Crippen LogP contribution in [0.3, 0.4) is 0 Å². The number of hydrogen-bond acceptors (Lipinski definition) is 8. The quantitative estimate of drug-likeness (QED) is 0.551. The molecule has 8 nitrogen and oxygen atoms in total. The Morgan fingerprint density at radius 1 is 1.34 bits per heavy atom. The van der Waals surface area contributed by atoms with Gasteiger partial charge in [0.05, 0.1) is 33.4 Å². The van der Waals surface area contributed by atoms with Crippen molar-refractivity contribution >= 4 is 58.0 Å². The Labute approximate surface area is 174 Å². The van der Waals surface area contributed by atoms with Crippen molar-refractivity contribution in [2.75, 3.05) is 18.5 Å². The highest BCUT2D eigenvalue weighted by molar-refractivity contribution is 7.47. The maximum absolute atomic E-state index is 13.7. The fourth-order valence-electron chi connectivity index (χ4n) is 2.45. The highest BCUT2D eigenvalue weighted by atomic mass is 35.5. The maximum Gasteiger partial charge on any atom is 0.258 e. The number of carbonyl (C=O) groups is 1. The number of carbonyl (C=O) groups excluding carboxylic acids is 1. The van der Waals surface area contributed by atoms with Crippen LogP contribution in [0.2, 0.25) is 5.02 Å². The lowest BCUT2D eigenvalue weighted by atomic mass is 10.2. The summed E-state index contributed by atoms with van der Waals surface area (Å²) in [5, 5.41) is 14.7. The predicted molar refractivity (Wildman–Crippen MR) is 108 cm³/mol. The number of hydrogen-bond donors (Lipinski definition) is 2. The Morgan fingerprint density at radius 2 is 2.17 bits per heavy atom. The molecular weight excluding hydrogens is 419 g/mol. The van der Waals surface area contributed by atoms with Crippen molar-refractivity contribution in [1.82, 2.24) is 15.3 Å². The largest absolute Gasteiger partial charge is 0.481 e. The second kappa shape index (κ2) is 9.18. The minimum absolute atomic E-state index is 0.0807. The number of aromatic nitrogens is 2. The van der Waals surface area contributed by atoms with Crippen LogP contribution >= 0.6 is 11.6 Å². The molecule has 0 unspecified atom stereocenters. The summed E-state index contributed by atoms with van der Waals surface area (Å²) in [5.74, 6) is -0.638. The number of anilines is 2. The van der Waals surface area contributed by atoms with Gasteiger partial charge < -0.3 is 15.4 Å². The van der Waals surface area contributed by atoms with E-state index in [1.54, 1.807) is 18.2 Å². The third kappa shape index (κ3) is 4.90. The van der Waals surface area contributed by atoms with Crippen molar-refractivity contribution < 1.29 is 13.9 Å². The molecule has 3 rings (SSSR count). The number of benzene rings is 2. The molecule has 0 saturated heterocycles. The first kappa shape index (κ1) is 20.3. The lowest BCUT2D eigenvalue weighted by Crippen LogP contribution is -2.29. The second-order valence-corrected chi connectivity index (χ2v) is 6.21. The molecule has 1 amide bonds. The molecule has 0 radical (unpaired) electrons. The zero-order chi connectivity index (χ0) is 20.8. The number of rotatable bonds is 7. The molecule has 0 bridgehead atoms. The van der Waals surface area contributed by atoms with Crippen molar-refractivity contribution in [2.45, 2.75) is 0 Å². The van der Waals surface area contributed by atoms with Crippen LogP contribution in [-0.4, -0.2) is 29.0 Å². The van der Waals surface area contributed by atoms with Crippen LogP contribution in [0.1, 0.15) is 0 Å². The SMILES string of the molecule is N#CCNC(=O)COc1cc(F)ccc1Nc1ncnc2cc(N=S)cc(Cl)c12. The first-order valence-corrected chi connectivity index (χ1v) is 8.86. The summed E-state index contributed by atoms with van der Waals surface area (Å²) < 4.78 is 22.8. The van der Waals surface area contributed by atoms with Gasteiger partial charge >= 0.3 is 0 Å². The monoisotopic (exact) mass is 430 g/mol. The van der Waals surface area contributed by atoms with Gasteiger partial charge in [-0.1, -0.05) is 11.6 Å².